The minimum absolute atomic E-state index is 0.0431. The first-order chi connectivity index (χ1) is 14.1. The van der Waals surface area contributed by atoms with Crippen molar-refractivity contribution in [2.75, 3.05) is 0 Å². The summed E-state index contributed by atoms with van der Waals surface area (Å²) in [7, 11) is 0. The molecule has 0 amide bonds. The van der Waals surface area contributed by atoms with Crippen molar-refractivity contribution in [3.05, 3.63) is 0 Å². The molecule has 0 aromatic heterocycles. The molecular weight excluding hydrogens is 364 g/mol. The Morgan fingerprint density at radius 1 is 0.767 bits per heavy atom. The zero-order chi connectivity index (χ0) is 21.8. The largest absolute Gasteiger partial charge is 0.393 e. The summed E-state index contributed by atoms with van der Waals surface area (Å²) in [4.78, 5) is 0. The summed E-state index contributed by atoms with van der Waals surface area (Å²) < 4.78 is 0. The predicted molar refractivity (Wildman–Crippen MR) is 128 cm³/mol. The minimum atomic E-state index is -0.0431. The maximum absolute atomic E-state index is 10.5. The van der Waals surface area contributed by atoms with Crippen LogP contribution in [0.1, 0.15) is 113 Å². The second-order valence-corrected chi connectivity index (χ2v) is 13.5. The molecule has 1 unspecified atom stereocenters. The van der Waals surface area contributed by atoms with Gasteiger partial charge in [-0.05, 0) is 115 Å². The van der Waals surface area contributed by atoms with E-state index in [2.05, 4.69) is 48.5 Å². The van der Waals surface area contributed by atoms with Crippen LogP contribution >= 0.6 is 0 Å². The Morgan fingerprint density at radius 3 is 2.10 bits per heavy atom. The zero-order valence-electron chi connectivity index (χ0n) is 21.3. The lowest BCUT2D eigenvalue weighted by atomic mass is 9.43. The molecule has 30 heavy (non-hydrogen) atoms. The van der Waals surface area contributed by atoms with E-state index in [1.807, 2.05) is 0 Å². The predicted octanol–water partition coefficient (Wildman–Crippen LogP) is 7.96. The highest BCUT2D eigenvalue weighted by molar-refractivity contribution is 5.10. The van der Waals surface area contributed by atoms with Gasteiger partial charge in [-0.1, -0.05) is 61.3 Å². The minimum Gasteiger partial charge on any atom is -0.393 e. The third-order valence-corrected chi connectivity index (χ3v) is 12.1. The number of aliphatic hydroxyl groups excluding tert-OH is 1. The van der Waals surface area contributed by atoms with Crippen LogP contribution in [0.4, 0.5) is 0 Å². The fraction of sp³-hybridized carbons (Fsp3) is 1.00. The summed E-state index contributed by atoms with van der Waals surface area (Å²) in [6.07, 6.45) is 13.9. The van der Waals surface area contributed by atoms with Gasteiger partial charge in [0.1, 0.15) is 0 Å². The van der Waals surface area contributed by atoms with Crippen LogP contribution < -0.4 is 0 Å². The second-order valence-electron chi connectivity index (χ2n) is 13.5. The van der Waals surface area contributed by atoms with Crippen LogP contribution in [0.5, 0.6) is 0 Å². The summed E-state index contributed by atoms with van der Waals surface area (Å²) >= 11 is 0. The first kappa shape index (κ1) is 23.1. The maximum atomic E-state index is 10.5. The van der Waals surface area contributed by atoms with E-state index < -0.39 is 0 Å². The van der Waals surface area contributed by atoms with Gasteiger partial charge in [-0.25, -0.2) is 0 Å². The van der Waals surface area contributed by atoms with Crippen molar-refractivity contribution < 1.29 is 5.11 Å². The third-order valence-electron chi connectivity index (χ3n) is 12.1. The number of hydrogen-bond acceptors (Lipinski definition) is 1. The van der Waals surface area contributed by atoms with Crippen molar-refractivity contribution in [1.29, 1.82) is 0 Å². The van der Waals surface area contributed by atoms with E-state index in [0.29, 0.717) is 16.7 Å². The normalized spacial score (nSPS) is 50.5. The fourth-order valence-corrected chi connectivity index (χ4v) is 9.75. The summed E-state index contributed by atoms with van der Waals surface area (Å²) in [6.45, 7) is 17.6. The van der Waals surface area contributed by atoms with Gasteiger partial charge in [0.05, 0.1) is 6.10 Å². The van der Waals surface area contributed by atoms with Gasteiger partial charge in [-0.2, -0.15) is 0 Å². The van der Waals surface area contributed by atoms with Crippen molar-refractivity contribution in [3.63, 3.8) is 0 Å². The first-order valence-corrected chi connectivity index (χ1v) is 13.8. The van der Waals surface area contributed by atoms with Gasteiger partial charge < -0.3 is 5.11 Å². The number of aliphatic hydroxyl groups is 1. The van der Waals surface area contributed by atoms with Crippen LogP contribution in [0, 0.1) is 64.1 Å². The molecule has 0 aromatic rings. The molecule has 1 heteroatoms. The number of hydrogen-bond donors (Lipinski definition) is 1. The highest BCUT2D eigenvalue weighted by Crippen LogP contribution is 2.68. The Balaban J connectivity index is 1.47. The van der Waals surface area contributed by atoms with E-state index in [1.54, 1.807) is 0 Å². The van der Waals surface area contributed by atoms with Crippen molar-refractivity contribution in [1.82, 2.24) is 0 Å². The molecule has 4 rings (SSSR count). The van der Waals surface area contributed by atoms with E-state index in [1.165, 1.54) is 57.8 Å². The Kier molecular flexibility index (Phi) is 6.47. The van der Waals surface area contributed by atoms with Gasteiger partial charge in [0.2, 0.25) is 0 Å². The zero-order valence-corrected chi connectivity index (χ0v) is 21.3. The van der Waals surface area contributed by atoms with E-state index in [0.717, 1.165) is 53.8 Å². The third kappa shape index (κ3) is 3.62. The van der Waals surface area contributed by atoms with Gasteiger partial charge in [0.15, 0.2) is 0 Å². The van der Waals surface area contributed by atoms with Crippen LogP contribution in [-0.4, -0.2) is 11.2 Å². The van der Waals surface area contributed by atoms with Gasteiger partial charge in [0.25, 0.3) is 0 Å². The van der Waals surface area contributed by atoms with Crippen LogP contribution in [0.3, 0.4) is 0 Å². The van der Waals surface area contributed by atoms with Gasteiger partial charge in [0, 0.05) is 0 Å². The lowest BCUT2D eigenvalue weighted by Gasteiger charge is -2.62. The molecule has 0 saturated heterocycles. The monoisotopic (exact) mass is 416 g/mol. The highest BCUT2D eigenvalue weighted by Gasteiger charge is 2.61. The van der Waals surface area contributed by atoms with Gasteiger partial charge in [-0.3, -0.25) is 0 Å². The molecular formula is C29H52O. The smallest absolute Gasteiger partial charge is 0.0568 e. The molecule has 174 valence electrons. The molecule has 4 aliphatic rings. The van der Waals surface area contributed by atoms with Crippen LogP contribution in [0.25, 0.3) is 0 Å². The summed E-state index contributed by atoms with van der Waals surface area (Å²) in [5.41, 5.74) is 1.10. The van der Waals surface area contributed by atoms with Crippen LogP contribution in [-0.2, 0) is 0 Å². The second kappa shape index (κ2) is 8.39. The molecule has 1 N–H and O–H groups in total. The van der Waals surface area contributed by atoms with Gasteiger partial charge >= 0.3 is 0 Å². The summed E-state index contributed by atoms with van der Waals surface area (Å²) in [5.74, 6) is 7.70. The fourth-order valence-electron chi connectivity index (χ4n) is 9.75. The van der Waals surface area contributed by atoms with Gasteiger partial charge in [-0.15, -0.1) is 0 Å². The van der Waals surface area contributed by atoms with Crippen molar-refractivity contribution in [3.8, 4) is 0 Å². The van der Waals surface area contributed by atoms with Crippen molar-refractivity contribution >= 4 is 0 Å². The maximum Gasteiger partial charge on any atom is 0.0568 e. The topological polar surface area (TPSA) is 20.2 Å². The SMILES string of the molecule is CC(C)C(C)CC[C@@H](C)[C@H]1CC[C@H]2[C@@H]3CC[C@H]4[C@H](C)[C@@H](O)CC[C@]4(C)[C@H]3CC[C@]12C. The Bertz CT molecular complexity index is 597. The molecule has 4 saturated carbocycles. The Hall–Kier alpha value is -0.0400. The molecule has 0 spiro atoms. The molecule has 11 atom stereocenters. The van der Waals surface area contributed by atoms with Crippen LogP contribution in [0.2, 0.25) is 0 Å². The average Bonchev–Trinajstić information content (AvgIpc) is 3.06. The lowest BCUT2D eigenvalue weighted by molar-refractivity contribution is -0.149. The molecule has 0 radical (unpaired) electrons. The molecule has 4 fully saturated rings. The molecule has 1 nitrogen and oxygen atoms in total. The Labute approximate surface area is 188 Å². The number of fused-ring (bicyclic) bond motifs is 5. The van der Waals surface area contributed by atoms with E-state index in [4.69, 9.17) is 0 Å². The molecule has 0 aliphatic heterocycles. The highest BCUT2D eigenvalue weighted by atomic mass is 16.3. The summed E-state index contributed by atoms with van der Waals surface area (Å²) in [6, 6.07) is 0. The molecule has 0 aromatic carbocycles. The van der Waals surface area contributed by atoms with Crippen LogP contribution in [0.15, 0.2) is 0 Å². The lowest BCUT2D eigenvalue weighted by Crippen LogP contribution is -2.56. The van der Waals surface area contributed by atoms with E-state index in [9.17, 15) is 5.11 Å². The first-order valence-electron chi connectivity index (χ1n) is 13.8. The number of rotatable bonds is 5. The van der Waals surface area contributed by atoms with Crippen molar-refractivity contribution in [2.45, 2.75) is 119 Å². The summed E-state index contributed by atoms with van der Waals surface area (Å²) in [5, 5.41) is 10.5. The molecule has 0 bridgehead atoms. The Morgan fingerprint density at radius 2 is 1.40 bits per heavy atom. The average molecular weight is 417 g/mol. The quantitative estimate of drug-likeness (QED) is 0.482. The van der Waals surface area contributed by atoms with E-state index in [-0.39, 0.29) is 6.10 Å². The standard InChI is InChI=1S/C29H52O/c1-18(2)19(3)8-9-20(4)23-12-13-25-22-10-11-24-21(5)27(30)15-17-29(24,7)26(22)14-16-28(23,25)6/h18-27,30H,8-17H2,1-7H3/t19?,20-,21+,22+,23-,24+,25+,26+,27+,28-,29+/m1/s1. The molecule has 4 aliphatic carbocycles. The van der Waals surface area contributed by atoms with Crippen molar-refractivity contribution in [2.24, 2.45) is 64.1 Å². The van der Waals surface area contributed by atoms with E-state index >= 15 is 0 Å². The molecule has 0 heterocycles.